The van der Waals surface area contributed by atoms with E-state index in [-0.39, 0.29) is 0 Å². The van der Waals surface area contributed by atoms with Gasteiger partial charge in [-0.15, -0.1) is 0 Å². The lowest BCUT2D eigenvalue weighted by Crippen LogP contribution is -2.16. The molecule has 0 aliphatic heterocycles. The average Bonchev–Trinajstić information content (AvgIpc) is 3.17. The molecule has 49 heavy (non-hydrogen) atoms. The van der Waals surface area contributed by atoms with E-state index in [0.717, 1.165) is 83.6 Å². The number of nitrogens with zero attached hydrogens (tertiary/aromatic N) is 4. The molecule has 2 unspecified atom stereocenters. The normalized spacial score (nSPS) is 12.5. The maximum atomic E-state index is 7.11. The monoisotopic (exact) mass is 646 g/mol. The maximum Gasteiger partial charge on any atom is 0.127 e. The molecule has 0 aliphatic rings. The molecule has 2 atom stereocenters. The van der Waals surface area contributed by atoms with Crippen LogP contribution in [0.2, 0.25) is 0 Å². The van der Waals surface area contributed by atoms with Crippen molar-refractivity contribution in [2.45, 2.75) is 78.4 Å². The fourth-order valence-electron chi connectivity index (χ4n) is 6.14. The molecule has 5 heteroatoms. The molecule has 5 nitrogen and oxygen atoms in total. The minimum atomic E-state index is -0.483. The molecule has 0 radical (unpaired) electrons. The van der Waals surface area contributed by atoms with Crippen molar-refractivity contribution in [2.24, 2.45) is 0 Å². The molecule has 248 valence electrons. The van der Waals surface area contributed by atoms with E-state index < -0.39 is 12.2 Å². The lowest BCUT2D eigenvalue weighted by atomic mass is 10.0. The minimum absolute atomic E-state index is 0.483. The van der Waals surface area contributed by atoms with Crippen LogP contribution in [0.4, 0.5) is 0 Å². The molecule has 4 aromatic carbocycles. The zero-order valence-corrected chi connectivity index (χ0v) is 29.1. The van der Waals surface area contributed by atoms with Crippen molar-refractivity contribution >= 4 is 0 Å². The van der Waals surface area contributed by atoms with Crippen LogP contribution in [0.25, 0.3) is 22.5 Å². The van der Waals surface area contributed by atoms with Crippen molar-refractivity contribution in [2.75, 3.05) is 0 Å². The van der Waals surface area contributed by atoms with Crippen LogP contribution < -0.4 is 0 Å². The van der Waals surface area contributed by atoms with E-state index in [2.05, 4.69) is 125 Å². The van der Waals surface area contributed by atoms with Crippen molar-refractivity contribution in [1.29, 1.82) is 0 Å². The van der Waals surface area contributed by atoms with Crippen LogP contribution in [-0.4, -0.2) is 19.9 Å². The van der Waals surface area contributed by atoms with Crippen LogP contribution >= 0.6 is 0 Å². The van der Waals surface area contributed by atoms with Crippen molar-refractivity contribution in [3.63, 3.8) is 0 Å². The van der Waals surface area contributed by atoms with Gasteiger partial charge in [0, 0.05) is 11.1 Å². The zero-order valence-electron chi connectivity index (χ0n) is 29.1. The Morgan fingerprint density at radius 2 is 0.796 bits per heavy atom. The third kappa shape index (κ3) is 8.36. The maximum absolute atomic E-state index is 7.11. The van der Waals surface area contributed by atoms with Crippen molar-refractivity contribution in [3.8, 4) is 22.5 Å². The fraction of sp³-hybridized carbons (Fsp3) is 0.273. The summed E-state index contributed by atoms with van der Waals surface area (Å²) in [5.41, 5.74) is 12.5. The Balaban J connectivity index is 1.35. The van der Waals surface area contributed by atoms with Crippen molar-refractivity contribution in [3.05, 3.63) is 167 Å². The highest BCUT2D eigenvalue weighted by molar-refractivity contribution is 5.59. The molecular weight excluding hydrogens is 601 g/mol. The van der Waals surface area contributed by atoms with Gasteiger partial charge >= 0.3 is 0 Å². The van der Waals surface area contributed by atoms with Gasteiger partial charge in [-0.1, -0.05) is 138 Å². The highest BCUT2D eigenvalue weighted by atomic mass is 16.5. The summed E-state index contributed by atoms with van der Waals surface area (Å²) >= 11 is 0. The van der Waals surface area contributed by atoms with Gasteiger partial charge < -0.3 is 4.74 Å². The summed E-state index contributed by atoms with van der Waals surface area (Å²) in [5.74, 6) is 0. The molecule has 0 amide bonds. The lowest BCUT2D eigenvalue weighted by molar-refractivity contribution is 0.0258. The molecule has 6 rings (SSSR count). The number of ether oxygens (including phenoxy) is 1. The topological polar surface area (TPSA) is 60.8 Å². The van der Waals surface area contributed by atoms with E-state index in [1.165, 1.54) is 22.3 Å². The summed E-state index contributed by atoms with van der Waals surface area (Å²) in [7, 11) is 0. The molecule has 2 heterocycles. The van der Waals surface area contributed by atoms with E-state index in [4.69, 9.17) is 24.7 Å². The second kappa shape index (κ2) is 16.4. The molecule has 0 fully saturated rings. The van der Waals surface area contributed by atoms with Gasteiger partial charge in [-0.25, -0.2) is 0 Å². The molecule has 2 aromatic heterocycles. The van der Waals surface area contributed by atoms with Gasteiger partial charge in [0.15, 0.2) is 0 Å². The van der Waals surface area contributed by atoms with E-state index in [1.54, 1.807) is 0 Å². The summed E-state index contributed by atoms with van der Waals surface area (Å²) in [6.07, 6.45) is 12.8. The highest BCUT2D eigenvalue weighted by Gasteiger charge is 2.26. The Labute approximate surface area is 291 Å². The summed E-state index contributed by atoms with van der Waals surface area (Å²) < 4.78 is 7.11. The molecule has 0 aliphatic carbocycles. The Bertz CT molecular complexity index is 1740. The van der Waals surface area contributed by atoms with Crippen LogP contribution in [0.3, 0.4) is 0 Å². The van der Waals surface area contributed by atoms with E-state index in [0.29, 0.717) is 0 Å². The standard InChI is InChI=1S/C44H46N4O/c1-5-9-33-15-19-35(20-16-33)39-27-47-41(29-45-39)43(37-23-11-31(7-3)12-24-37)49-44(38-25-13-32(8-4)14-26-38)42-30-46-40(28-48-42)36-21-17-34(10-6-2)18-22-36/h11-30,43-44H,5-10H2,1-4H3. The van der Waals surface area contributed by atoms with Gasteiger partial charge in [-0.05, 0) is 59.1 Å². The Hall–Kier alpha value is -5.00. The first-order valence-corrected chi connectivity index (χ1v) is 17.7. The van der Waals surface area contributed by atoms with Crippen LogP contribution in [0, 0.1) is 0 Å². The predicted octanol–water partition coefficient (Wildman–Crippen LogP) is 10.5. The van der Waals surface area contributed by atoms with Crippen molar-refractivity contribution < 1.29 is 4.74 Å². The zero-order chi connectivity index (χ0) is 34.0. The molecule has 6 aromatic rings. The fourth-order valence-corrected chi connectivity index (χ4v) is 6.14. The van der Waals surface area contributed by atoms with Gasteiger partial charge in [0.05, 0.1) is 47.6 Å². The van der Waals surface area contributed by atoms with Crippen LogP contribution in [0.1, 0.15) is 97.5 Å². The number of hydrogen-bond donors (Lipinski definition) is 0. The average molecular weight is 647 g/mol. The predicted molar refractivity (Wildman–Crippen MR) is 199 cm³/mol. The largest absolute Gasteiger partial charge is 0.353 e. The Morgan fingerprint density at radius 3 is 1.10 bits per heavy atom. The van der Waals surface area contributed by atoms with E-state index in [1.807, 2.05) is 24.8 Å². The summed E-state index contributed by atoms with van der Waals surface area (Å²) in [6.45, 7) is 8.73. The molecule has 0 saturated carbocycles. The molecular formula is C44H46N4O. The van der Waals surface area contributed by atoms with E-state index >= 15 is 0 Å². The Morgan fingerprint density at radius 1 is 0.429 bits per heavy atom. The molecule has 0 spiro atoms. The minimum Gasteiger partial charge on any atom is -0.353 e. The quantitative estimate of drug-likeness (QED) is 0.118. The van der Waals surface area contributed by atoms with Gasteiger partial charge in [0.2, 0.25) is 0 Å². The van der Waals surface area contributed by atoms with Gasteiger partial charge in [-0.2, -0.15) is 0 Å². The number of aryl methyl sites for hydroxylation is 4. The number of hydrogen-bond acceptors (Lipinski definition) is 5. The van der Waals surface area contributed by atoms with Crippen LogP contribution in [0.5, 0.6) is 0 Å². The van der Waals surface area contributed by atoms with Crippen molar-refractivity contribution in [1.82, 2.24) is 19.9 Å². The second-order valence-corrected chi connectivity index (χ2v) is 12.6. The number of rotatable bonds is 14. The second-order valence-electron chi connectivity index (χ2n) is 12.6. The third-order valence-corrected chi connectivity index (χ3v) is 9.11. The van der Waals surface area contributed by atoms with Crippen LogP contribution in [-0.2, 0) is 30.4 Å². The van der Waals surface area contributed by atoms with Crippen LogP contribution in [0.15, 0.2) is 122 Å². The SMILES string of the molecule is CCCc1ccc(-c2cnc(C(OC(c3ccc(CC)cc3)c3cnc(-c4ccc(CCC)cc4)cn3)c3ccc(CC)cc3)cn2)cc1. The van der Waals surface area contributed by atoms with E-state index in [9.17, 15) is 0 Å². The summed E-state index contributed by atoms with van der Waals surface area (Å²) in [5, 5.41) is 0. The van der Waals surface area contributed by atoms with Gasteiger partial charge in [0.25, 0.3) is 0 Å². The molecule has 0 bridgehead atoms. The number of benzene rings is 4. The first kappa shape index (κ1) is 33.9. The number of aromatic nitrogens is 4. The first-order valence-electron chi connectivity index (χ1n) is 17.7. The van der Waals surface area contributed by atoms with Gasteiger partial charge in [-0.3, -0.25) is 19.9 Å². The Kier molecular flexibility index (Phi) is 11.3. The third-order valence-electron chi connectivity index (χ3n) is 9.11. The lowest BCUT2D eigenvalue weighted by Gasteiger charge is -2.25. The first-order chi connectivity index (χ1) is 24.1. The summed E-state index contributed by atoms with van der Waals surface area (Å²) in [6, 6.07) is 34.4. The molecule has 0 N–H and O–H groups in total. The highest BCUT2D eigenvalue weighted by Crippen LogP contribution is 2.35. The summed E-state index contributed by atoms with van der Waals surface area (Å²) in [4.78, 5) is 19.6. The molecule has 0 saturated heterocycles. The van der Waals surface area contributed by atoms with Gasteiger partial charge in [0.1, 0.15) is 12.2 Å². The smallest absolute Gasteiger partial charge is 0.127 e.